The Hall–Kier alpha value is -1.58. The lowest BCUT2D eigenvalue weighted by Crippen LogP contribution is -2.27. The molecule has 0 unspecified atom stereocenters. The summed E-state index contributed by atoms with van der Waals surface area (Å²) >= 11 is 0. The molecule has 0 saturated heterocycles. The summed E-state index contributed by atoms with van der Waals surface area (Å²) in [6.07, 6.45) is -0.547. The van der Waals surface area contributed by atoms with Crippen LogP contribution in [-0.2, 0) is 4.74 Å². The van der Waals surface area contributed by atoms with Crippen LogP contribution in [0.5, 0.6) is 0 Å². The third kappa shape index (κ3) is 2.73. The molecular weight excluding hydrogens is 185 g/mol. The lowest BCUT2D eigenvalue weighted by Gasteiger charge is -2.16. The first-order valence-electron chi connectivity index (χ1n) is 4.27. The molecule has 0 atom stereocenters. The summed E-state index contributed by atoms with van der Waals surface area (Å²) in [5.74, 6) is 0. The predicted octanol–water partition coefficient (Wildman–Crippen LogP) is 2.23. The first-order valence-corrected chi connectivity index (χ1v) is 4.27. The zero-order valence-corrected chi connectivity index (χ0v) is 7.94. The molecule has 14 heavy (non-hydrogen) atoms. The van der Waals surface area contributed by atoms with Crippen LogP contribution in [-0.4, -0.2) is 26.4 Å². The number of halogens is 1. The van der Waals surface area contributed by atoms with Gasteiger partial charge in [-0.25, -0.2) is 9.18 Å². The molecule has 1 aromatic rings. The van der Waals surface area contributed by atoms with Crippen molar-refractivity contribution < 1.29 is 13.9 Å². The number of hydrogen-bond donors (Lipinski definition) is 0. The molecule has 76 valence electrons. The highest BCUT2D eigenvalue weighted by Crippen LogP contribution is 2.11. The molecule has 0 aliphatic heterocycles. The van der Waals surface area contributed by atoms with Crippen LogP contribution in [0, 0.1) is 0 Å². The Bertz CT molecular complexity index is 289. The van der Waals surface area contributed by atoms with Crippen LogP contribution in [0.3, 0.4) is 0 Å². The lowest BCUT2D eigenvalue weighted by molar-refractivity contribution is 0.146. The van der Waals surface area contributed by atoms with E-state index in [0.717, 1.165) is 5.69 Å². The monoisotopic (exact) mass is 197 g/mol. The van der Waals surface area contributed by atoms with Gasteiger partial charge in [-0.15, -0.1) is 0 Å². The minimum absolute atomic E-state index is 0.198. The van der Waals surface area contributed by atoms with Gasteiger partial charge in [0.15, 0.2) is 0 Å². The van der Waals surface area contributed by atoms with Gasteiger partial charge in [0.25, 0.3) is 0 Å². The van der Waals surface area contributed by atoms with Gasteiger partial charge in [0.05, 0.1) is 0 Å². The normalized spacial score (nSPS) is 9.57. The van der Waals surface area contributed by atoms with E-state index in [2.05, 4.69) is 4.74 Å². The standard InChI is InChI=1S/C10H12FNO2/c1-12(10(13)14-8-7-11)9-5-3-2-4-6-9/h2-6H,7-8H2,1H3. The van der Waals surface area contributed by atoms with Crippen LogP contribution in [0.25, 0.3) is 0 Å². The lowest BCUT2D eigenvalue weighted by atomic mass is 10.3. The largest absolute Gasteiger partial charge is 0.446 e. The summed E-state index contributed by atoms with van der Waals surface area (Å²) < 4.78 is 16.3. The number of alkyl halides is 1. The maximum atomic E-state index is 11.7. The molecule has 3 nitrogen and oxygen atoms in total. The number of para-hydroxylation sites is 1. The number of rotatable bonds is 3. The van der Waals surface area contributed by atoms with Gasteiger partial charge >= 0.3 is 6.09 Å². The molecule has 0 fully saturated rings. The van der Waals surface area contributed by atoms with Crippen molar-refractivity contribution in [3.8, 4) is 0 Å². The summed E-state index contributed by atoms with van der Waals surface area (Å²) in [6, 6.07) is 9.03. The molecule has 1 rings (SSSR count). The van der Waals surface area contributed by atoms with Crippen molar-refractivity contribution in [2.24, 2.45) is 0 Å². The van der Waals surface area contributed by atoms with Gasteiger partial charge in [0.1, 0.15) is 13.3 Å². The molecule has 0 aliphatic carbocycles. The summed E-state index contributed by atoms with van der Waals surface area (Å²) in [7, 11) is 1.58. The van der Waals surface area contributed by atoms with Crippen LogP contribution in [0.1, 0.15) is 0 Å². The van der Waals surface area contributed by atoms with Crippen molar-refractivity contribution in [1.82, 2.24) is 0 Å². The topological polar surface area (TPSA) is 29.5 Å². The fraction of sp³-hybridized carbons (Fsp3) is 0.300. The Morgan fingerprint density at radius 3 is 2.64 bits per heavy atom. The highest BCUT2D eigenvalue weighted by atomic mass is 19.1. The van der Waals surface area contributed by atoms with E-state index in [1.54, 1.807) is 19.2 Å². The zero-order valence-electron chi connectivity index (χ0n) is 7.94. The van der Waals surface area contributed by atoms with Gasteiger partial charge in [0, 0.05) is 12.7 Å². The second kappa shape index (κ2) is 5.21. The number of carbonyl (C=O) groups excluding carboxylic acids is 1. The Labute approximate surface area is 82.1 Å². The van der Waals surface area contributed by atoms with E-state index in [-0.39, 0.29) is 6.61 Å². The van der Waals surface area contributed by atoms with Crippen molar-refractivity contribution in [3.63, 3.8) is 0 Å². The maximum Gasteiger partial charge on any atom is 0.414 e. The number of ether oxygens (including phenoxy) is 1. The minimum Gasteiger partial charge on any atom is -0.446 e. The molecule has 0 heterocycles. The van der Waals surface area contributed by atoms with Gasteiger partial charge in [0.2, 0.25) is 0 Å². The van der Waals surface area contributed by atoms with E-state index in [1.807, 2.05) is 18.2 Å². The Morgan fingerprint density at radius 2 is 2.07 bits per heavy atom. The van der Waals surface area contributed by atoms with Gasteiger partial charge < -0.3 is 4.74 Å². The molecular formula is C10H12FNO2. The molecule has 4 heteroatoms. The van der Waals surface area contributed by atoms with Crippen LogP contribution < -0.4 is 4.90 Å². The van der Waals surface area contributed by atoms with Crippen molar-refractivity contribution in [2.45, 2.75) is 0 Å². The number of benzene rings is 1. The number of anilines is 1. The zero-order chi connectivity index (χ0) is 10.4. The quantitative estimate of drug-likeness (QED) is 0.743. The van der Waals surface area contributed by atoms with Gasteiger partial charge in [-0.1, -0.05) is 18.2 Å². The van der Waals surface area contributed by atoms with Crippen molar-refractivity contribution in [1.29, 1.82) is 0 Å². The average Bonchev–Trinajstić information content (AvgIpc) is 2.26. The van der Waals surface area contributed by atoms with Crippen LogP contribution in [0.2, 0.25) is 0 Å². The van der Waals surface area contributed by atoms with Crippen molar-refractivity contribution >= 4 is 11.8 Å². The fourth-order valence-corrected chi connectivity index (χ4v) is 0.980. The third-order valence-electron chi connectivity index (χ3n) is 1.72. The third-order valence-corrected chi connectivity index (χ3v) is 1.72. The van der Waals surface area contributed by atoms with Crippen molar-refractivity contribution in [3.05, 3.63) is 30.3 Å². The summed E-state index contributed by atoms with van der Waals surface area (Å²) in [4.78, 5) is 12.6. The van der Waals surface area contributed by atoms with Crippen LogP contribution in [0.15, 0.2) is 30.3 Å². The molecule has 1 aromatic carbocycles. The van der Waals surface area contributed by atoms with E-state index < -0.39 is 12.8 Å². The van der Waals surface area contributed by atoms with Crippen LogP contribution >= 0.6 is 0 Å². The van der Waals surface area contributed by atoms with Crippen molar-refractivity contribution in [2.75, 3.05) is 25.2 Å². The number of amides is 1. The Kier molecular flexibility index (Phi) is 3.91. The average molecular weight is 197 g/mol. The van der Waals surface area contributed by atoms with E-state index in [9.17, 15) is 9.18 Å². The van der Waals surface area contributed by atoms with E-state index in [0.29, 0.717) is 0 Å². The molecule has 1 amide bonds. The van der Waals surface area contributed by atoms with Gasteiger partial charge in [-0.3, -0.25) is 4.90 Å². The number of nitrogens with zero attached hydrogens (tertiary/aromatic N) is 1. The van der Waals surface area contributed by atoms with Crippen LogP contribution in [0.4, 0.5) is 14.9 Å². The summed E-state index contributed by atoms with van der Waals surface area (Å²) in [6.45, 7) is -0.857. The highest BCUT2D eigenvalue weighted by Gasteiger charge is 2.10. The smallest absolute Gasteiger partial charge is 0.414 e. The highest BCUT2D eigenvalue weighted by molar-refractivity contribution is 5.86. The van der Waals surface area contributed by atoms with Gasteiger partial charge in [-0.2, -0.15) is 0 Å². The Balaban J connectivity index is 2.57. The van der Waals surface area contributed by atoms with E-state index in [1.165, 1.54) is 4.90 Å². The minimum atomic E-state index is -0.658. The number of hydrogen-bond acceptors (Lipinski definition) is 2. The molecule has 0 aliphatic rings. The fourth-order valence-electron chi connectivity index (χ4n) is 0.980. The first kappa shape index (κ1) is 10.5. The molecule has 0 radical (unpaired) electrons. The molecule has 0 saturated carbocycles. The second-order valence-corrected chi connectivity index (χ2v) is 2.70. The van der Waals surface area contributed by atoms with E-state index in [4.69, 9.17) is 0 Å². The maximum absolute atomic E-state index is 11.7. The van der Waals surface area contributed by atoms with Gasteiger partial charge in [-0.05, 0) is 12.1 Å². The molecule has 0 N–H and O–H groups in total. The molecule has 0 bridgehead atoms. The SMILES string of the molecule is CN(C(=O)OCCF)c1ccccc1. The Morgan fingerprint density at radius 1 is 1.43 bits per heavy atom. The summed E-state index contributed by atoms with van der Waals surface area (Å²) in [5.41, 5.74) is 0.719. The number of carbonyl (C=O) groups is 1. The molecule has 0 aromatic heterocycles. The summed E-state index contributed by atoms with van der Waals surface area (Å²) in [5, 5.41) is 0. The first-order chi connectivity index (χ1) is 6.75. The predicted molar refractivity (Wildman–Crippen MR) is 52.2 cm³/mol. The van der Waals surface area contributed by atoms with E-state index >= 15 is 0 Å². The second-order valence-electron chi connectivity index (χ2n) is 2.70. The molecule has 0 spiro atoms.